The number of hydrogen-bond acceptors (Lipinski definition) is 3. The predicted molar refractivity (Wildman–Crippen MR) is 76.0 cm³/mol. The van der Waals surface area contributed by atoms with Crippen LogP contribution in [-0.2, 0) is 6.54 Å². The fourth-order valence-corrected chi connectivity index (χ4v) is 2.28. The van der Waals surface area contributed by atoms with Gasteiger partial charge in [-0.25, -0.2) is 0 Å². The van der Waals surface area contributed by atoms with Crippen LogP contribution in [0.2, 0.25) is 0 Å². The molecule has 2 rings (SSSR count). The van der Waals surface area contributed by atoms with Gasteiger partial charge in [-0.1, -0.05) is 17.7 Å². The summed E-state index contributed by atoms with van der Waals surface area (Å²) in [6.07, 6.45) is 2.63. The van der Waals surface area contributed by atoms with Crippen LogP contribution in [0.5, 0.6) is 0 Å². The zero-order valence-electron chi connectivity index (χ0n) is 11.4. The summed E-state index contributed by atoms with van der Waals surface area (Å²) in [5.74, 6) is 0. The second-order valence-electron chi connectivity index (χ2n) is 5.09. The second kappa shape index (κ2) is 6.21. The van der Waals surface area contributed by atoms with Crippen LogP contribution in [-0.4, -0.2) is 30.8 Å². The molecule has 1 aromatic carbocycles. The highest BCUT2D eigenvalue weighted by atomic mass is 16.3. The van der Waals surface area contributed by atoms with Crippen LogP contribution in [0.15, 0.2) is 18.2 Å². The van der Waals surface area contributed by atoms with Gasteiger partial charge in [0.2, 0.25) is 0 Å². The van der Waals surface area contributed by atoms with Gasteiger partial charge in [0.05, 0.1) is 6.61 Å². The molecule has 1 aliphatic rings. The van der Waals surface area contributed by atoms with Gasteiger partial charge >= 0.3 is 0 Å². The Morgan fingerprint density at radius 1 is 1.39 bits per heavy atom. The third-order valence-corrected chi connectivity index (χ3v) is 3.49. The Morgan fingerprint density at radius 3 is 2.78 bits per heavy atom. The molecule has 0 heterocycles. The zero-order valence-corrected chi connectivity index (χ0v) is 11.4. The Morgan fingerprint density at radius 2 is 2.17 bits per heavy atom. The molecule has 0 spiro atoms. The van der Waals surface area contributed by atoms with Gasteiger partial charge in [-0.2, -0.15) is 0 Å². The number of rotatable bonds is 7. The van der Waals surface area contributed by atoms with Crippen LogP contribution in [0, 0.1) is 6.92 Å². The summed E-state index contributed by atoms with van der Waals surface area (Å²) in [6, 6.07) is 7.31. The molecule has 100 valence electrons. The van der Waals surface area contributed by atoms with Crippen molar-refractivity contribution < 1.29 is 5.11 Å². The van der Waals surface area contributed by atoms with E-state index >= 15 is 0 Å². The number of hydrogen-bond donors (Lipinski definition) is 2. The largest absolute Gasteiger partial charge is 0.395 e. The first kappa shape index (κ1) is 13.4. The molecule has 3 heteroatoms. The number of aliphatic hydroxyl groups excluding tert-OH is 1. The Hall–Kier alpha value is -1.06. The highest BCUT2D eigenvalue weighted by Gasteiger charge is 2.21. The van der Waals surface area contributed by atoms with Crippen molar-refractivity contribution >= 4 is 5.69 Å². The maximum Gasteiger partial charge on any atom is 0.0606 e. The lowest BCUT2D eigenvalue weighted by atomic mass is 10.1. The molecule has 0 aliphatic heterocycles. The normalized spacial score (nSPS) is 14.8. The zero-order chi connectivity index (χ0) is 13.0. The quantitative estimate of drug-likeness (QED) is 0.775. The smallest absolute Gasteiger partial charge is 0.0606 e. The summed E-state index contributed by atoms with van der Waals surface area (Å²) >= 11 is 0. The first-order valence-corrected chi connectivity index (χ1v) is 6.93. The fraction of sp³-hybridized carbons (Fsp3) is 0.600. The van der Waals surface area contributed by atoms with Crippen LogP contribution < -0.4 is 10.2 Å². The first-order chi connectivity index (χ1) is 8.74. The highest BCUT2D eigenvalue weighted by molar-refractivity contribution is 5.55. The fourth-order valence-electron chi connectivity index (χ4n) is 2.28. The van der Waals surface area contributed by atoms with Gasteiger partial charge < -0.3 is 15.3 Å². The Bertz CT molecular complexity index is 388. The third kappa shape index (κ3) is 3.47. The third-order valence-electron chi connectivity index (χ3n) is 3.49. The molecule has 18 heavy (non-hydrogen) atoms. The van der Waals surface area contributed by atoms with Crippen molar-refractivity contribution in [3.05, 3.63) is 29.3 Å². The molecule has 0 amide bonds. The molecule has 1 aliphatic carbocycles. The molecule has 3 nitrogen and oxygen atoms in total. The first-order valence-electron chi connectivity index (χ1n) is 6.93. The van der Waals surface area contributed by atoms with Gasteiger partial charge in [0.15, 0.2) is 0 Å². The van der Waals surface area contributed by atoms with E-state index in [1.54, 1.807) is 0 Å². The predicted octanol–water partition coefficient (Wildman–Crippen LogP) is 2.07. The maximum absolute atomic E-state index is 9.15. The van der Waals surface area contributed by atoms with E-state index in [9.17, 15) is 0 Å². The van der Waals surface area contributed by atoms with E-state index in [1.165, 1.54) is 29.7 Å². The van der Waals surface area contributed by atoms with Gasteiger partial charge in [0.1, 0.15) is 0 Å². The van der Waals surface area contributed by atoms with E-state index in [0.29, 0.717) is 6.54 Å². The summed E-state index contributed by atoms with van der Waals surface area (Å²) in [5, 5.41) is 12.7. The SMILES string of the molecule is CCN(CCO)c1ccc(C)cc1CNC1CC1. The second-order valence-corrected chi connectivity index (χ2v) is 5.09. The van der Waals surface area contributed by atoms with Crippen molar-refractivity contribution in [3.63, 3.8) is 0 Å². The molecule has 0 atom stereocenters. The Labute approximate surface area is 110 Å². The minimum atomic E-state index is 0.206. The molecule has 1 saturated carbocycles. The summed E-state index contributed by atoms with van der Waals surface area (Å²) in [6.45, 7) is 7.04. The maximum atomic E-state index is 9.15. The Balaban J connectivity index is 2.14. The minimum absolute atomic E-state index is 0.206. The number of aliphatic hydroxyl groups is 1. The summed E-state index contributed by atoms with van der Waals surface area (Å²) in [5.41, 5.74) is 3.90. The van der Waals surface area contributed by atoms with E-state index in [1.807, 2.05) is 0 Å². The lowest BCUT2D eigenvalue weighted by molar-refractivity contribution is 0.302. The van der Waals surface area contributed by atoms with Crippen LogP contribution >= 0.6 is 0 Å². The van der Waals surface area contributed by atoms with E-state index in [4.69, 9.17) is 5.11 Å². The van der Waals surface area contributed by atoms with Gasteiger partial charge in [-0.3, -0.25) is 0 Å². The number of benzene rings is 1. The molecule has 2 N–H and O–H groups in total. The molecule has 0 radical (unpaired) electrons. The van der Waals surface area contributed by atoms with Gasteiger partial charge in [0.25, 0.3) is 0 Å². The van der Waals surface area contributed by atoms with Crippen LogP contribution in [0.3, 0.4) is 0 Å². The van der Waals surface area contributed by atoms with E-state index in [0.717, 1.165) is 19.1 Å². The molecule has 0 bridgehead atoms. The van der Waals surface area contributed by atoms with Crippen molar-refractivity contribution in [1.82, 2.24) is 5.32 Å². The number of aryl methyl sites for hydroxylation is 1. The topological polar surface area (TPSA) is 35.5 Å². The standard InChI is InChI=1S/C15H24N2O/c1-3-17(8-9-18)15-7-4-12(2)10-13(15)11-16-14-5-6-14/h4,7,10,14,16,18H,3,5-6,8-9,11H2,1-2H3. The van der Waals surface area contributed by atoms with Crippen molar-refractivity contribution in [2.45, 2.75) is 39.3 Å². The van der Waals surface area contributed by atoms with E-state index < -0.39 is 0 Å². The molecule has 0 aromatic heterocycles. The van der Waals surface area contributed by atoms with E-state index in [-0.39, 0.29) is 6.61 Å². The van der Waals surface area contributed by atoms with Crippen molar-refractivity contribution in [3.8, 4) is 0 Å². The minimum Gasteiger partial charge on any atom is -0.395 e. The average molecular weight is 248 g/mol. The number of nitrogens with zero attached hydrogens (tertiary/aromatic N) is 1. The van der Waals surface area contributed by atoms with Crippen molar-refractivity contribution in [1.29, 1.82) is 0 Å². The number of anilines is 1. The Kier molecular flexibility index (Phi) is 4.61. The van der Waals surface area contributed by atoms with Gasteiger partial charge in [-0.15, -0.1) is 0 Å². The van der Waals surface area contributed by atoms with Crippen molar-refractivity contribution in [2.75, 3.05) is 24.6 Å². The number of nitrogens with one attached hydrogen (secondary N) is 1. The van der Waals surface area contributed by atoms with Gasteiger partial charge in [-0.05, 0) is 38.3 Å². The lowest BCUT2D eigenvalue weighted by Gasteiger charge is -2.25. The molecular weight excluding hydrogens is 224 g/mol. The summed E-state index contributed by atoms with van der Waals surface area (Å²) < 4.78 is 0. The molecule has 0 unspecified atom stereocenters. The molecular formula is C15H24N2O. The van der Waals surface area contributed by atoms with Crippen LogP contribution in [0.25, 0.3) is 0 Å². The molecule has 1 aromatic rings. The molecule has 0 saturated heterocycles. The lowest BCUT2D eigenvalue weighted by Crippen LogP contribution is -2.28. The monoisotopic (exact) mass is 248 g/mol. The van der Waals surface area contributed by atoms with Crippen molar-refractivity contribution in [2.24, 2.45) is 0 Å². The average Bonchev–Trinajstić information content (AvgIpc) is 3.18. The molecule has 1 fully saturated rings. The highest BCUT2D eigenvalue weighted by Crippen LogP contribution is 2.24. The van der Waals surface area contributed by atoms with E-state index in [2.05, 4.69) is 42.3 Å². The number of likely N-dealkylation sites (N-methyl/N-ethyl adjacent to an activating group) is 1. The summed E-state index contributed by atoms with van der Waals surface area (Å²) in [7, 11) is 0. The van der Waals surface area contributed by atoms with Crippen LogP contribution in [0.4, 0.5) is 5.69 Å². The van der Waals surface area contributed by atoms with Crippen LogP contribution in [0.1, 0.15) is 30.9 Å². The summed E-state index contributed by atoms with van der Waals surface area (Å²) in [4.78, 5) is 2.24. The van der Waals surface area contributed by atoms with Gasteiger partial charge in [0, 0.05) is 31.4 Å².